The van der Waals surface area contributed by atoms with E-state index in [9.17, 15) is 35.4 Å². The van der Waals surface area contributed by atoms with Crippen LogP contribution < -0.4 is 4.74 Å². The Hall–Kier alpha value is -2.69. The number of phenolic OH excluding ortho intramolecular Hbond substituents is 2. The first kappa shape index (κ1) is 21.5. The van der Waals surface area contributed by atoms with Gasteiger partial charge in [-0.2, -0.15) is 0 Å². The van der Waals surface area contributed by atoms with E-state index >= 15 is 0 Å². The Kier molecular flexibility index (Phi) is 5.87. The van der Waals surface area contributed by atoms with E-state index < -0.39 is 37.3 Å². The van der Waals surface area contributed by atoms with E-state index in [4.69, 9.17) is 9.47 Å². The Bertz CT molecular complexity index is 956. The van der Waals surface area contributed by atoms with Gasteiger partial charge in [0.2, 0.25) is 6.29 Å². The van der Waals surface area contributed by atoms with Gasteiger partial charge < -0.3 is 40.1 Å². The highest BCUT2D eigenvalue weighted by molar-refractivity contribution is 6.01. The van der Waals surface area contributed by atoms with Gasteiger partial charge in [-0.15, -0.1) is 0 Å². The lowest BCUT2D eigenvalue weighted by Crippen LogP contribution is -2.60. The summed E-state index contributed by atoms with van der Waals surface area (Å²) in [5, 5.41) is 59.2. The summed E-state index contributed by atoms with van der Waals surface area (Å²) < 4.78 is 10.9. The molecule has 1 saturated heterocycles. The first-order valence-electron chi connectivity index (χ1n) is 9.93. The van der Waals surface area contributed by atoms with Crippen molar-refractivity contribution in [1.29, 1.82) is 0 Å². The molecular formula is C22H24O9. The molecule has 6 atom stereocenters. The summed E-state index contributed by atoms with van der Waals surface area (Å²) >= 11 is 0. The minimum absolute atomic E-state index is 0.0970. The number of Topliss-reactive ketones (excluding diaryl/α,β-unsaturated/α-hetero) is 1. The van der Waals surface area contributed by atoms with Crippen molar-refractivity contribution in [2.75, 3.05) is 6.61 Å². The number of benzene rings is 2. The quantitative estimate of drug-likeness (QED) is 0.397. The maximum Gasteiger partial charge on any atom is 0.229 e. The van der Waals surface area contributed by atoms with Crippen molar-refractivity contribution >= 4 is 5.78 Å². The van der Waals surface area contributed by atoms with Crippen LogP contribution in [0.15, 0.2) is 36.4 Å². The number of carbonyl (C=O) groups excluding carboxylic acids is 1. The summed E-state index contributed by atoms with van der Waals surface area (Å²) in [6.07, 6.45) is -6.59. The number of aromatic hydroxyl groups is 2. The zero-order chi connectivity index (χ0) is 22.3. The molecule has 2 aliphatic rings. The molecule has 0 spiro atoms. The smallest absolute Gasteiger partial charge is 0.229 e. The second-order valence-corrected chi connectivity index (χ2v) is 7.91. The molecule has 0 saturated carbocycles. The lowest BCUT2D eigenvalue weighted by Gasteiger charge is -2.39. The largest absolute Gasteiger partial charge is 0.508 e. The van der Waals surface area contributed by atoms with E-state index in [-0.39, 0.29) is 40.9 Å². The number of aliphatic hydroxyl groups is 4. The summed E-state index contributed by atoms with van der Waals surface area (Å²) in [7, 11) is 0. The Morgan fingerprint density at radius 3 is 2.35 bits per heavy atom. The monoisotopic (exact) mass is 432 g/mol. The van der Waals surface area contributed by atoms with Gasteiger partial charge in [0.05, 0.1) is 12.2 Å². The summed E-state index contributed by atoms with van der Waals surface area (Å²) in [5.41, 5.74) is 1.63. The molecule has 1 fully saturated rings. The van der Waals surface area contributed by atoms with Crippen molar-refractivity contribution < 1.29 is 44.9 Å². The number of phenols is 2. The summed E-state index contributed by atoms with van der Waals surface area (Å²) in [4.78, 5) is 12.7. The van der Waals surface area contributed by atoms with Crippen molar-refractivity contribution in [3.63, 3.8) is 0 Å². The summed E-state index contributed by atoms with van der Waals surface area (Å²) in [5.74, 6) is -0.427. The normalized spacial score (nSPS) is 30.6. The zero-order valence-corrected chi connectivity index (χ0v) is 16.5. The SMILES string of the molecule is O=C1CC(c2ccc(O)cc2)Cc2cc(O[C@@H]3O[C@H](CO)[C@@H](O)[C@H](O)[C@H]3O)cc(O)c21. The van der Waals surface area contributed by atoms with Gasteiger partial charge in [-0.1, -0.05) is 12.1 Å². The van der Waals surface area contributed by atoms with Gasteiger partial charge >= 0.3 is 0 Å². The third kappa shape index (κ3) is 4.10. The fourth-order valence-electron chi connectivity index (χ4n) is 4.15. The van der Waals surface area contributed by atoms with Crippen LogP contribution >= 0.6 is 0 Å². The molecule has 0 bridgehead atoms. The maximum atomic E-state index is 12.7. The predicted molar refractivity (Wildman–Crippen MR) is 106 cm³/mol. The van der Waals surface area contributed by atoms with E-state index in [1.807, 2.05) is 0 Å². The van der Waals surface area contributed by atoms with Crippen LogP contribution in [-0.2, 0) is 11.2 Å². The molecule has 1 heterocycles. The highest BCUT2D eigenvalue weighted by Gasteiger charge is 2.45. The van der Waals surface area contributed by atoms with Crippen LogP contribution in [0.3, 0.4) is 0 Å². The van der Waals surface area contributed by atoms with Crippen molar-refractivity contribution in [1.82, 2.24) is 0 Å². The van der Waals surface area contributed by atoms with Gasteiger partial charge in [0.25, 0.3) is 0 Å². The van der Waals surface area contributed by atoms with Gasteiger partial charge in [-0.25, -0.2) is 0 Å². The number of ketones is 1. The Balaban J connectivity index is 1.59. The molecule has 1 aliphatic heterocycles. The van der Waals surface area contributed by atoms with E-state index in [0.29, 0.717) is 12.0 Å². The molecule has 2 aromatic rings. The molecule has 2 aromatic carbocycles. The lowest BCUT2D eigenvalue weighted by molar-refractivity contribution is -0.277. The molecule has 9 nitrogen and oxygen atoms in total. The van der Waals surface area contributed by atoms with Crippen LogP contribution in [0.5, 0.6) is 17.2 Å². The minimum Gasteiger partial charge on any atom is -0.508 e. The fraction of sp³-hybridized carbons (Fsp3) is 0.409. The van der Waals surface area contributed by atoms with Gasteiger partial charge in [-0.05, 0) is 41.7 Å². The van der Waals surface area contributed by atoms with Crippen LogP contribution in [0.1, 0.15) is 33.8 Å². The average Bonchev–Trinajstić information content (AvgIpc) is 2.74. The molecule has 1 aliphatic carbocycles. The van der Waals surface area contributed by atoms with Gasteiger partial charge in [-0.3, -0.25) is 4.79 Å². The predicted octanol–water partition coefficient (Wildman–Crippen LogP) is 0.189. The second-order valence-electron chi connectivity index (χ2n) is 7.91. The van der Waals surface area contributed by atoms with Crippen LogP contribution in [0.2, 0.25) is 0 Å². The molecule has 9 heteroatoms. The van der Waals surface area contributed by atoms with Crippen LogP contribution in [0.25, 0.3) is 0 Å². The number of fused-ring (bicyclic) bond motifs is 1. The first-order chi connectivity index (χ1) is 14.8. The van der Waals surface area contributed by atoms with E-state index in [1.165, 1.54) is 6.07 Å². The topological polar surface area (TPSA) is 157 Å². The number of ether oxygens (including phenoxy) is 2. The molecule has 0 radical (unpaired) electrons. The number of hydrogen-bond donors (Lipinski definition) is 6. The molecule has 0 amide bonds. The van der Waals surface area contributed by atoms with Gasteiger partial charge in [0.15, 0.2) is 5.78 Å². The Morgan fingerprint density at radius 2 is 1.68 bits per heavy atom. The maximum absolute atomic E-state index is 12.7. The van der Waals surface area contributed by atoms with E-state index in [2.05, 4.69) is 0 Å². The van der Waals surface area contributed by atoms with E-state index in [1.54, 1.807) is 30.3 Å². The highest BCUT2D eigenvalue weighted by Crippen LogP contribution is 2.39. The second kappa shape index (κ2) is 8.45. The molecular weight excluding hydrogens is 408 g/mol. The summed E-state index contributed by atoms with van der Waals surface area (Å²) in [6, 6.07) is 9.36. The Labute approximate surface area is 177 Å². The standard InChI is InChI=1S/C22H24O9/c23-9-17-19(27)20(28)21(29)22(31-17)30-14-6-12-5-11(10-1-3-13(24)4-2-10)7-15(25)18(12)16(26)8-14/h1-4,6,8,11,17,19-24,26-29H,5,7,9H2/t11?,17-,19-,20+,21-,22-/m1/s1. The molecule has 1 unspecified atom stereocenters. The van der Waals surface area contributed by atoms with Crippen LogP contribution in [-0.4, -0.2) is 73.7 Å². The third-order valence-corrected chi connectivity index (χ3v) is 5.81. The number of rotatable bonds is 4. The number of carbonyl (C=O) groups is 1. The Morgan fingerprint density at radius 1 is 0.968 bits per heavy atom. The minimum atomic E-state index is -1.60. The van der Waals surface area contributed by atoms with Gasteiger partial charge in [0, 0.05) is 12.5 Å². The van der Waals surface area contributed by atoms with Crippen molar-refractivity contribution in [3.8, 4) is 17.2 Å². The van der Waals surface area contributed by atoms with Crippen molar-refractivity contribution in [2.45, 2.75) is 49.5 Å². The molecule has 6 N–H and O–H groups in total. The fourth-order valence-corrected chi connectivity index (χ4v) is 4.15. The molecule has 0 aromatic heterocycles. The third-order valence-electron chi connectivity index (χ3n) is 5.81. The number of hydrogen-bond acceptors (Lipinski definition) is 9. The molecule has 4 rings (SSSR count). The highest BCUT2D eigenvalue weighted by atomic mass is 16.7. The van der Waals surface area contributed by atoms with Crippen molar-refractivity contribution in [2.24, 2.45) is 0 Å². The van der Waals surface area contributed by atoms with Crippen LogP contribution in [0, 0.1) is 0 Å². The van der Waals surface area contributed by atoms with E-state index in [0.717, 1.165) is 5.56 Å². The molecule has 166 valence electrons. The zero-order valence-electron chi connectivity index (χ0n) is 16.5. The average molecular weight is 432 g/mol. The molecule has 31 heavy (non-hydrogen) atoms. The van der Waals surface area contributed by atoms with Crippen LogP contribution in [0.4, 0.5) is 0 Å². The van der Waals surface area contributed by atoms with Crippen molar-refractivity contribution in [3.05, 3.63) is 53.1 Å². The first-order valence-corrected chi connectivity index (χ1v) is 9.93. The summed E-state index contributed by atoms with van der Waals surface area (Å²) in [6.45, 7) is -0.594. The number of aliphatic hydroxyl groups excluding tert-OH is 4. The van der Waals surface area contributed by atoms with Gasteiger partial charge in [0.1, 0.15) is 41.7 Å². The lowest BCUT2D eigenvalue weighted by atomic mass is 9.79.